The zero-order valence-corrected chi connectivity index (χ0v) is 18.5. The standard InChI is InChI=1S/C20H20BrN3O4S/c1-20(2,3)17-12-18(23-28-17)22-19(25)13-5-4-6-16(11-13)29(26,27)24-15-9-7-14(21)8-10-15/h4-12,24H,1-3H3,(H,22,23,25). The van der Waals surface area contributed by atoms with Crippen LogP contribution in [0.25, 0.3) is 0 Å². The molecule has 0 atom stereocenters. The molecule has 0 aliphatic carbocycles. The maximum absolute atomic E-state index is 12.7. The number of aromatic nitrogens is 1. The van der Waals surface area contributed by atoms with Crippen LogP contribution in [0.5, 0.6) is 0 Å². The number of benzene rings is 2. The Hall–Kier alpha value is -2.65. The van der Waals surface area contributed by atoms with Gasteiger partial charge in [0, 0.05) is 27.2 Å². The summed E-state index contributed by atoms with van der Waals surface area (Å²) >= 11 is 3.30. The van der Waals surface area contributed by atoms with Crippen molar-refractivity contribution in [2.24, 2.45) is 0 Å². The molecule has 7 nitrogen and oxygen atoms in total. The van der Waals surface area contributed by atoms with Crippen molar-refractivity contribution < 1.29 is 17.7 Å². The molecule has 2 N–H and O–H groups in total. The van der Waals surface area contributed by atoms with Gasteiger partial charge in [0.2, 0.25) is 0 Å². The third kappa shape index (κ3) is 5.24. The van der Waals surface area contributed by atoms with Gasteiger partial charge in [-0.2, -0.15) is 0 Å². The molecular weight excluding hydrogens is 458 g/mol. The lowest BCUT2D eigenvalue weighted by Gasteiger charge is -2.12. The molecule has 3 aromatic rings. The summed E-state index contributed by atoms with van der Waals surface area (Å²) in [4.78, 5) is 12.5. The van der Waals surface area contributed by atoms with E-state index in [-0.39, 0.29) is 21.7 Å². The molecule has 3 rings (SSSR count). The third-order valence-corrected chi connectivity index (χ3v) is 5.90. The van der Waals surface area contributed by atoms with E-state index in [4.69, 9.17) is 4.52 Å². The molecule has 9 heteroatoms. The number of hydrogen-bond donors (Lipinski definition) is 2. The van der Waals surface area contributed by atoms with Crippen molar-refractivity contribution in [2.75, 3.05) is 10.0 Å². The molecule has 0 radical (unpaired) electrons. The fourth-order valence-electron chi connectivity index (χ4n) is 2.41. The van der Waals surface area contributed by atoms with Crippen molar-refractivity contribution in [3.05, 3.63) is 70.4 Å². The van der Waals surface area contributed by atoms with Crippen LogP contribution in [-0.4, -0.2) is 19.5 Å². The first-order chi connectivity index (χ1) is 13.5. The summed E-state index contributed by atoms with van der Waals surface area (Å²) in [5.41, 5.74) is 0.354. The molecule has 0 unspecified atom stereocenters. The van der Waals surface area contributed by atoms with E-state index >= 15 is 0 Å². The average Bonchev–Trinajstić information content (AvgIpc) is 3.12. The number of nitrogens with one attached hydrogen (secondary N) is 2. The molecule has 2 aromatic carbocycles. The van der Waals surface area contributed by atoms with Crippen LogP contribution in [0.3, 0.4) is 0 Å². The van der Waals surface area contributed by atoms with E-state index < -0.39 is 15.9 Å². The zero-order chi connectivity index (χ0) is 21.2. The van der Waals surface area contributed by atoms with Crippen LogP contribution in [-0.2, 0) is 15.4 Å². The van der Waals surface area contributed by atoms with Gasteiger partial charge in [-0.3, -0.25) is 9.52 Å². The summed E-state index contributed by atoms with van der Waals surface area (Å²) in [6, 6.07) is 14.1. The smallest absolute Gasteiger partial charge is 0.261 e. The third-order valence-electron chi connectivity index (χ3n) is 3.99. The molecule has 0 spiro atoms. The van der Waals surface area contributed by atoms with Crippen molar-refractivity contribution in [1.82, 2.24) is 5.16 Å². The summed E-state index contributed by atoms with van der Waals surface area (Å²) in [6.07, 6.45) is 0. The summed E-state index contributed by atoms with van der Waals surface area (Å²) in [5.74, 6) is 0.406. The number of rotatable bonds is 5. The lowest BCUT2D eigenvalue weighted by atomic mass is 9.93. The number of carbonyl (C=O) groups excluding carboxylic acids is 1. The summed E-state index contributed by atoms with van der Waals surface area (Å²) in [7, 11) is -3.85. The second kappa shape index (κ2) is 8.00. The predicted octanol–water partition coefficient (Wildman–Crippen LogP) is 4.79. The topological polar surface area (TPSA) is 101 Å². The Bertz CT molecular complexity index is 1130. The normalized spacial score (nSPS) is 11.9. The van der Waals surface area contributed by atoms with Crippen molar-refractivity contribution in [2.45, 2.75) is 31.1 Å². The minimum absolute atomic E-state index is 0.0244. The highest BCUT2D eigenvalue weighted by Gasteiger charge is 2.21. The van der Waals surface area contributed by atoms with Gasteiger partial charge < -0.3 is 9.84 Å². The van der Waals surface area contributed by atoms with E-state index in [9.17, 15) is 13.2 Å². The molecule has 0 saturated carbocycles. The minimum Gasteiger partial charge on any atom is -0.359 e. The van der Waals surface area contributed by atoms with Gasteiger partial charge in [0.25, 0.3) is 15.9 Å². The number of anilines is 2. The van der Waals surface area contributed by atoms with Crippen LogP contribution < -0.4 is 10.0 Å². The van der Waals surface area contributed by atoms with Crippen LogP contribution in [0, 0.1) is 0 Å². The number of halogens is 1. The van der Waals surface area contributed by atoms with E-state index in [1.165, 1.54) is 24.3 Å². The fraction of sp³-hybridized carbons (Fsp3) is 0.200. The second-order valence-corrected chi connectivity index (χ2v) is 10.0. The van der Waals surface area contributed by atoms with E-state index in [0.717, 1.165) is 4.47 Å². The molecule has 1 amide bonds. The fourth-order valence-corrected chi connectivity index (χ4v) is 3.78. The summed E-state index contributed by atoms with van der Waals surface area (Å²) in [5, 5.41) is 6.46. The molecule has 0 fully saturated rings. The van der Waals surface area contributed by atoms with Crippen molar-refractivity contribution in [3.8, 4) is 0 Å². The quantitative estimate of drug-likeness (QED) is 0.549. The molecule has 1 aromatic heterocycles. The van der Waals surface area contributed by atoms with Gasteiger partial charge >= 0.3 is 0 Å². The highest BCUT2D eigenvalue weighted by molar-refractivity contribution is 9.10. The summed E-state index contributed by atoms with van der Waals surface area (Å²) < 4.78 is 33.9. The van der Waals surface area contributed by atoms with Crippen molar-refractivity contribution in [3.63, 3.8) is 0 Å². The van der Waals surface area contributed by atoms with Gasteiger partial charge in [0.15, 0.2) is 5.82 Å². The zero-order valence-electron chi connectivity index (χ0n) is 16.1. The van der Waals surface area contributed by atoms with Crippen LogP contribution in [0.1, 0.15) is 36.9 Å². The molecule has 0 saturated heterocycles. The monoisotopic (exact) mass is 477 g/mol. The first-order valence-electron chi connectivity index (χ1n) is 8.72. The first kappa shape index (κ1) is 21.1. The second-order valence-electron chi connectivity index (χ2n) is 7.42. The maximum Gasteiger partial charge on any atom is 0.261 e. The SMILES string of the molecule is CC(C)(C)c1cc(NC(=O)c2cccc(S(=O)(=O)Nc3ccc(Br)cc3)c2)no1. The number of sulfonamides is 1. The van der Waals surface area contributed by atoms with E-state index in [0.29, 0.717) is 11.4 Å². The Labute approximate surface area is 177 Å². The van der Waals surface area contributed by atoms with E-state index in [1.807, 2.05) is 20.8 Å². The van der Waals surface area contributed by atoms with E-state index in [2.05, 4.69) is 31.1 Å². The molecule has 0 aliphatic rings. The number of carbonyl (C=O) groups is 1. The number of amides is 1. The number of nitrogens with zero attached hydrogens (tertiary/aromatic N) is 1. The van der Waals surface area contributed by atoms with Crippen molar-refractivity contribution >= 4 is 43.4 Å². The summed E-state index contributed by atoms with van der Waals surface area (Å²) in [6.45, 7) is 5.89. The van der Waals surface area contributed by atoms with Gasteiger partial charge in [-0.15, -0.1) is 0 Å². The molecule has 29 heavy (non-hydrogen) atoms. The molecule has 152 valence electrons. The average molecular weight is 478 g/mol. The highest BCUT2D eigenvalue weighted by atomic mass is 79.9. The molecule has 1 heterocycles. The van der Waals surface area contributed by atoms with Gasteiger partial charge in [-0.05, 0) is 42.5 Å². The first-order valence-corrected chi connectivity index (χ1v) is 11.0. The van der Waals surface area contributed by atoms with Gasteiger partial charge in [0.05, 0.1) is 4.90 Å². The Morgan fingerprint density at radius 1 is 1.07 bits per heavy atom. The van der Waals surface area contributed by atoms with E-state index in [1.54, 1.807) is 30.3 Å². The largest absolute Gasteiger partial charge is 0.359 e. The Morgan fingerprint density at radius 2 is 1.76 bits per heavy atom. The van der Waals surface area contributed by atoms with Gasteiger partial charge in [0.1, 0.15) is 5.76 Å². The minimum atomic E-state index is -3.85. The Kier molecular flexibility index (Phi) is 5.81. The maximum atomic E-state index is 12.7. The van der Waals surface area contributed by atoms with Crippen molar-refractivity contribution in [1.29, 1.82) is 0 Å². The predicted molar refractivity (Wildman–Crippen MR) is 115 cm³/mol. The van der Waals surface area contributed by atoms with Crippen LogP contribution >= 0.6 is 15.9 Å². The van der Waals surface area contributed by atoms with Gasteiger partial charge in [-0.25, -0.2) is 8.42 Å². The molecule has 0 aliphatic heterocycles. The number of hydrogen-bond acceptors (Lipinski definition) is 5. The van der Waals surface area contributed by atoms with Gasteiger partial charge in [-0.1, -0.05) is 47.9 Å². The lowest BCUT2D eigenvalue weighted by molar-refractivity contribution is 0.102. The Balaban J connectivity index is 1.78. The lowest BCUT2D eigenvalue weighted by Crippen LogP contribution is -2.16. The van der Waals surface area contributed by atoms with Crippen LogP contribution in [0.2, 0.25) is 0 Å². The highest BCUT2D eigenvalue weighted by Crippen LogP contribution is 2.25. The van der Waals surface area contributed by atoms with Crippen LogP contribution in [0.15, 0.2) is 68.5 Å². The Morgan fingerprint density at radius 3 is 2.38 bits per heavy atom. The molecular formula is C20H20BrN3O4S. The molecule has 0 bridgehead atoms. The van der Waals surface area contributed by atoms with Crippen LogP contribution in [0.4, 0.5) is 11.5 Å².